The van der Waals surface area contributed by atoms with Gasteiger partial charge in [0.15, 0.2) is 11.5 Å². The summed E-state index contributed by atoms with van der Waals surface area (Å²) in [5.74, 6) is 0.411. The van der Waals surface area contributed by atoms with Gasteiger partial charge in [0.05, 0.1) is 19.0 Å². The molecule has 0 radical (unpaired) electrons. The van der Waals surface area contributed by atoms with E-state index in [1.165, 1.54) is 6.33 Å². The molecule has 2 aromatic rings. The minimum absolute atomic E-state index is 0.205. The highest BCUT2D eigenvalue weighted by atomic mass is 31.2. The number of rotatable bonds is 13. The number of fused-ring (bicyclic) bond motifs is 1. The van der Waals surface area contributed by atoms with Crippen LogP contribution in [0.1, 0.15) is 128 Å². The molecule has 0 saturated heterocycles. The number of nitrogen functional groups attached to an aromatic ring is 1. The van der Waals surface area contributed by atoms with Gasteiger partial charge in [0.2, 0.25) is 7.44 Å². The zero-order chi connectivity index (χ0) is 38.0. The number of hydrogen-bond acceptors (Lipinski definition) is 10. The van der Waals surface area contributed by atoms with Gasteiger partial charge in [-0.2, -0.15) is 0 Å². The Labute approximate surface area is 304 Å². The lowest BCUT2D eigenvalue weighted by Gasteiger charge is -2.39. The minimum Gasteiger partial charge on any atom is -0.461 e. The molecule has 288 valence electrons. The van der Waals surface area contributed by atoms with Crippen molar-refractivity contribution in [3.63, 3.8) is 0 Å². The fourth-order valence-corrected chi connectivity index (χ4v) is 10.0. The van der Waals surface area contributed by atoms with Crippen molar-refractivity contribution in [1.82, 2.24) is 29.7 Å². The van der Waals surface area contributed by atoms with Crippen molar-refractivity contribution in [1.29, 1.82) is 0 Å². The van der Waals surface area contributed by atoms with Gasteiger partial charge in [0, 0.05) is 0 Å². The van der Waals surface area contributed by atoms with Gasteiger partial charge in [-0.15, -0.1) is 0 Å². The van der Waals surface area contributed by atoms with E-state index in [0.29, 0.717) is 29.5 Å². The van der Waals surface area contributed by atoms with E-state index in [2.05, 4.69) is 66.7 Å². The molecule has 0 bridgehead atoms. The summed E-state index contributed by atoms with van der Waals surface area (Å²) in [4.78, 5) is 39.9. The SMILES string of the molecule is C[C@H](Cn1cnc2c(N)ncnc21)OCP(=O)(NC(C)(C)C(=O)O[C@H]1CC[C@H](C(C)(C)C)CC1)NC(C)(C)C(=O)O[C@H]1CC[C@H](C(C)(C)C)CC1. The van der Waals surface area contributed by atoms with E-state index in [1.54, 1.807) is 38.6 Å². The van der Waals surface area contributed by atoms with E-state index in [0.717, 1.165) is 51.4 Å². The monoisotopic (exact) mass is 733 g/mol. The number of esters is 2. The minimum atomic E-state index is -3.83. The first kappa shape index (κ1) is 41.2. The number of hydrogen-bond donors (Lipinski definition) is 3. The van der Waals surface area contributed by atoms with E-state index in [4.69, 9.17) is 19.9 Å². The Balaban J connectivity index is 1.46. The normalized spacial score (nSPS) is 23.2. The summed E-state index contributed by atoms with van der Waals surface area (Å²) in [5.41, 5.74) is 4.68. The Morgan fingerprint density at radius 2 is 1.25 bits per heavy atom. The number of aromatic nitrogens is 4. The fraction of sp³-hybridized carbons (Fsp3) is 0.811. The molecule has 2 fully saturated rings. The zero-order valence-electron chi connectivity index (χ0n) is 32.9. The van der Waals surface area contributed by atoms with Crippen LogP contribution in [0.5, 0.6) is 0 Å². The number of nitrogens with zero attached hydrogens (tertiary/aromatic N) is 4. The summed E-state index contributed by atoms with van der Waals surface area (Å²) < 4.78 is 34.9. The van der Waals surface area contributed by atoms with Crippen LogP contribution in [0.25, 0.3) is 11.2 Å². The summed E-state index contributed by atoms with van der Waals surface area (Å²) in [6.45, 7) is 22.3. The highest BCUT2D eigenvalue weighted by molar-refractivity contribution is 7.59. The molecule has 1 atom stereocenters. The summed E-state index contributed by atoms with van der Waals surface area (Å²) in [6, 6.07) is 0. The maximum absolute atomic E-state index is 14.9. The van der Waals surface area contributed by atoms with Gasteiger partial charge in [0.25, 0.3) is 0 Å². The Bertz CT molecular complexity index is 1480. The number of carbonyl (C=O) groups is 2. The molecule has 0 aromatic carbocycles. The van der Waals surface area contributed by atoms with Gasteiger partial charge < -0.3 is 24.5 Å². The Morgan fingerprint density at radius 3 is 1.69 bits per heavy atom. The number of ether oxygens (including phenoxy) is 3. The van der Waals surface area contributed by atoms with Crippen LogP contribution in [0.3, 0.4) is 0 Å². The van der Waals surface area contributed by atoms with Gasteiger partial charge >= 0.3 is 11.9 Å². The first-order valence-electron chi connectivity index (χ1n) is 18.6. The summed E-state index contributed by atoms with van der Waals surface area (Å²) in [6.07, 6.45) is 8.88. The quantitative estimate of drug-likeness (QED) is 0.142. The van der Waals surface area contributed by atoms with Gasteiger partial charge in [0.1, 0.15) is 41.5 Å². The van der Waals surface area contributed by atoms with Gasteiger partial charge in [-0.05, 0) is 109 Å². The zero-order valence-corrected chi connectivity index (χ0v) is 33.8. The molecular weight excluding hydrogens is 669 g/mol. The first-order chi connectivity index (χ1) is 23.5. The predicted octanol–water partition coefficient (Wildman–Crippen LogP) is 7.00. The Hall–Kier alpha value is -2.60. The number of nitrogens with two attached hydrogens (primary N) is 1. The molecular formula is C37H64N7O6P. The molecule has 2 aliphatic rings. The third-order valence-corrected chi connectivity index (χ3v) is 13.1. The maximum Gasteiger partial charge on any atom is 0.326 e. The van der Waals surface area contributed by atoms with Crippen LogP contribution in [0.4, 0.5) is 5.82 Å². The van der Waals surface area contributed by atoms with E-state index in [-0.39, 0.29) is 35.2 Å². The molecule has 51 heavy (non-hydrogen) atoms. The second-order valence-corrected chi connectivity index (χ2v) is 20.3. The lowest BCUT2D eigenvalue weighted by Crippen LogP contribution is -2.54. The highest BCUT2D eigenvalue weighted by Gasteiger charge is 2.45. The average Bonchev–Trinajstić information content (AvgIpc) is 3.43. The fourth-order valence-electron chi connectivity index (χ4n) is 7.37. The number of anilines is 1. The third kappa shape index (κ3) is 11.0. The number of imidazole rings is 1. The summed E-state index contributed by atoms with van der Waals surface area (Å²) in [5, 5.41) is 6.12. The maximum atomic E-state index is 14.9. The largest absolute Gasteiger partial charge is 0.461 e. The topological polar surface area (TPSA) is 173 Å². The molecule has 4 rings (SSSR count). The van der Waals surface area contributed by atoms with Crippen LogP contribution in [0.2, 0.25) is 0 Å². The third-order valence-electron chi connectivity index (χ3n) is 10.7. The molecule has 0 unspecified atom stereocenters. The van der Waals surface area contributed by atoms with Crippen LogP contribution in [0.15, 0.2) is 12.7 Å². The molecule has 0 spiro atoms. The van der Waals surface area contributed by atoms with E-state index >= 15 is 0 Å². The van der Waals surface area contributed by atoms with Crippen molar-refractivity contribution in [2.24, 2.45) is 22.7 Å². The Morgan fingerprint density at radius 1 is 0.804 bits per heavy atom. The first-order valence-corrected chi connectivity index (χ1v) is 20.5. The van der Waals surface area contributed by atoms with Crippen LogP contribution < -0.4 is 15.9 Å². The highest BCUT2D eigenvalue weighted by Crippen LogP contribution is 2.44. The smallest absolute Gasteiger partial charge is 0.326 e. The van der Waals surface area contributed by atoms with Crippen LogP contribution >= 0.6 is 7.44 Å². The summed E-state index contributed by atoms with van der Waals surface area (Å²) >= 11 is 0. The van der Waals surface area contributed by atoms with Crippen LogP contribution in [-0.4, -0.2) is 67.2 Å². The van der Waals surface area contributed by atoms with Crippen LogP contribution in [-0.2, 0) is 34.9 Å². The van der Waals surface area contributed by atoms with Gasteiger partial charge in [-0.3, -0.25) is 14.2 Å². The van der Waals surface area contributed by atoms with Crippen molar-refractivity contribution in [2.75, 3.05) is 12.1 Å². The second kappa shape index (κ2) is 15.8. The van der Waals surface area contributed by atoms with Gasteiger partial charge in [-0.1, -0.05) is 41.5 Å². The van der Waals surface area contributed by atoms with Crippen molar-refractivity contribution >= 4 is 36.4 Å². The molecule has 13 nitrogen and oxygen atoms in total. The molecule has 2 heterocycles. The average molecular weight is 734 g/mol. The Kier molecular flexibility index (Phi) is 12.7. The van der Waals surface area contributed by atoms with Crippen LogP contribution in [0, 0.1) is 22.7 Å². The molecule has 2 saturated carbocycles. The second-order valence-electron chi connectivity index (χ2n) is 18.1. The van der Waals surface area contributed by atoms with Crippen molar-refractivity contribution in [3.8, 4) is 0 Å². The molecule has 0 aliphatic heterocycles. The molecule has 14 heteroatoms. The van der Waals surface area contributed by atoms with Gasteiger partial charge in [-0.25, -0.2) is 25.1 Å². The van der Waals surface area contributed by atoms with E-state index < -0.39 is 36.6 Å². The van der Waals surface area contributed by atoms with Crippen molar-refractivity contribution in [3.05, 3.63) is 12.7 Å². The van der Waals surface area contributed by atoms with Crippen molar-refractivity contribution in [2.45, 2.75) is 163 Å². The molecule has 0 amide bonds. The van der Waals surface area contributed by atoms with E-state index in [9.17, 15) is 14.2 Å². The lowest BCUT2D eigenvalue weighted by atomic mass is 9.72. The van der Waals surface area contributed by atoms with Crippen molar-refractivity contribution < 1.29 is 28.4 Å². The summed E-state index contributed by atoms with van der Waals surface area (Å²) in [7, 11) is -3.83. The molecule has 4 N–H and O–H groups in total. The number of carbonyl (C=O) groups excluding carboxylic acids is 2. The molecule has 2 aromatic heterocycles. The molecule has 2 aliphatic carbocycles. The standard InChI is InChI=1S/C37H64N7O6P/c1-24(20-44-22-41-29-30(38)39-21-40-31(29)44)48-23-51(47,42-36(8,9)32(45)49-27-16-12-25(13-17-27)34(2,3)4)43-37(10,11)33(46)50-28-18-14-26(15-19-28)35(5,6)7/h21-22,24-28H,12-20,23H2,1-11H3,(H2,38,39,40)(H2,42,43,47)/t24-,25-,26-,27-,28-/m1/s1. The lowest BCUT2D eigenvalue weighted by molar-refractivity contribution is -0.157. The number of nitrogens with one attached hydrogen (secondary N) is 2. The van der Waals surface area contributed by atoms with E-state index in [1.807, 2.05) is 6.92 Å². The predicted molar refractivity (Wildman–Crippen MR) is 200 cm³/mol.